The zero-order valence-electron chi connectivity index (χ0n) is 10.7. The van der Waals surface area contributed by atoms with E-state index >= 15 is 0 Å². The average molecular weight is 272 g/mol. The Hall–Kier alpha value is -2.89. The first-order valence-electron chi connectivity index (χ1n) is 5.80. The molecule has 0 saturated carbocycles. The first kappa shape index (κ1) is 13.5. The summed E-state index contributed by atoms with van der Waals surface area (Å²) in [5.41, 5.74) is 0.748. The van der Waals surface area contributed by atoms with E-state index in [1.807, 2.05) is 6.07 Å². The van der Waals surface area contributed by atoms with Crippen LogP contribution in [0.3, 0.4) is 0 Å². The molecule has 0 radical (unpaired) electrons. The molecule has 6 nitrogen and oxygen atoms in total. The van der Waals surface area contributed by atoms with Crippen molar-refractivity contribution in [2.24, 2.45) is 0 Å². The van der Waals surface area contributed by atoms with Crippen LogP contribution in [-0.4, -0.2) is 17.9 Å². The molecule has 0 aliphatic heterocycles. The number of nitrogens with one attached hydrogen (secondary N) is 1. The van der Waals surface area contributed by atoms with E-state index in [9.17, 15) is 14.9 Å². The van der Waals surface area contributed by atoms with Gasteiger partial charge in [-0.3, -0.25) is 14.9 Å². The van der Waals surface area contributed by atoms with Crippen LogP contribution in [-0.2, 0) is 0 Å². The van der Waals surface area contributed by atoms with E-state index < -0.39 is 4.92 Å². The normalized spacial score (nSPS) is 9.85. The van der Waals surface area contributed by atoms with Crippen LogP contribution in [0.15, 0.2) is 48.5 Å². The molecule has 6 heteroatoms. The molecule has 0 spiro atoms. The first-order chi connectivity index (χ1) is 9.61. The van der Waals surface area contributed by atoms with Crippen LogP contribution in [0, 0.1) is 10.1 Å². The Morgan fingerprint density at radius 3 is 2.50 bits per heavy atom. The van der Waals surface area contributed by atoms with Gasteiger partial charge in [0, 0.05) is 11.8 Å². The summed E-state index contributed by atoms with van der Waals surface area (Å²) >= 11 is 0. The number of carbonyl (C=O) groups excluding carboxylic acids is 1. The number of methoxy groups -OCH3 is 1. The van der Waals surface area contributed by atoms with Gasteiger partial charge >= 0.3 is 0 Å². The van der Waals surface area contributed by atoms with E-state index in [0.717, 1.165) is 0 Å². The van der Waals surface area contributed by atoms with Gasteiger partial charge in [0.25, 0.3) is 11.6 Å². The van der Waals surface area contributed by atoms with Gasteiger partial charge in [0.15, 0.2) is 0 Å². The van der Waals surface area contributed by atoms with Crippen LogP contribution in [0.5, 0.6) is 5.75 Å². The van der Waals surface area contributed by atoms with Crippen molar-refractivity contribution < 1.29 is 14.5 Å². The number of anilines is 1. The maximum Gasteiger partial charge on any atom is 0.273 e. The quantitative estimate of drug-likeness (QED) is 0.685. The zero-order chi connectivity index (χ0) is 14.5. The lowest BCUT2D eigenvalue weighted by Gasteiger charge is -2.09. The number of nitro benzene ring substituents is 1. The largest absolute Gasteiger partial charge is 0.496 e. The lowest BCUT2D eigenvalue weighted by atomic mass is 10.1. The van der Waals surface area contributed by atoms with Crippen molar-refractivity contribution in [3.63, 3.8) is 0 Å². The highest BCUT2D eigenvalue weighted by Gasteiger charge is 2.16. The van der Waals surface area contributed by atoms with E-state index in [2.05, 4.69) is 5.32 Å². The predicted molar refractivity (Wildman–Crippen MR) is 74.0 cm³/mol. The number of non-ortho nitro benzene ring substituents is 1. The standard InChI is InChI=1S/C14H12N2O4/c1-20-13-9-11(16(18)19)7-8-12(13)14(17)15-10-5-3-2-4-6-10/h2-9H,1H3,(H,15,17). The van der Waals surface area contributed by atoms with E-state index in [-0.39, 0.29) is 22.9 Å². The minimum atomic E-state index is -0.540. The van der Waals surface area contributed by atoms with E-state index in [1.165, 1.54) is 25.3 Å². The minimum absolute atomic E-state index is 0.127. The number of hydrogen-bond donors (Lipinski definition) is 1. The number of hydrogen-bond acceptors (Lipinski definition) is 4. The van der Waals surface area contributed by atoms with Gasteiger partial charge in [0.1, 0.15) is 5.75 Å². The molecular formula is C14H12N2O4. The van der Waals surface area contributed by atoms with Gasteiger partial charge < -0.3 is 10.1 Å². The molecule has 0 atom stereocenters. The summed E-state index contributed by atoms with van der Waals surface area (Å²) in [5.74, 6) is -0.226. The van der Waals surface area contributed by atoms with E-state index in [1.54, 1.807) is 24.3 Å². The average Bonchev–Trinajstić information content (AvgIpc) is 2.47. The number of nitro groups is 1. The lowest BCUT2D eigenvalue weighted by molar-refractivity contribution is -0.384. The maximum atomic E-state index is 12.1. The molecule has 1 N–H and O–H groups in total. The molecular weight excluding hydrogens is 260 g/mol. The highest BCUT2D eigenvalue weighted by molar-refractivity contribution is 6.06. The molecule has 20 heavy (non-hydrogen) atoms. The Morgan fingerprint density at radius 1 is 1.20 bits per heavy atom. The highest BCUT2D eigenvalue weighted by atomic mass is 16.6. The Bertz CT molecular complexity index is 641. The molecule has 2 rings (SSSR count). The van der Waals surface area contributed by atoms with Crippen LogP contribution >= 0.6 is 0 Å². The molecule has 0 aliphatic rings. The van der Waals surface area contributed by atoms with Crippen LogP contribution < -0.4 is 10.1 Å². The second kappa shape index (κ2) is 5.83. The fourth-order valence-electron chi connectivity index (χ4n) is 1.70. The highest BCUT2D eigenvalue weighted by Crippen LogP contribution is 2.25. The van der Waals surface area contributed by atoms with E-state index in [0.29, 0.717) is 5.69 Å². The summed E-state index contributed by atoms with van der Waals surface area (Å²) in [6.45, 7) is 0. The molecule has 0 saturated heterocycles. The SMILES string of the molecule is COc1cc([N+](=O)[O-])ccc1C(=O)Nc1ccccc1. The van der Waals surface area contributed by atoms with Gasteiger partial charge in [-0.05, 0) is 18.2 Å². The fraction of sp³-hybridized carbons (Fsp3) is 0.0714. The Balaban J connectivity index is 2.28. The molecule has 2 aromatic carbocycles. The number of ether oxygens (including phenoxy) is 1. The number of carbonyl (C=O) groups is 1. The third kappa shape index (κ3) is 2.92. The van der Waals surface area contributed by atoms with Gasteiger partial charge in [0.05, 0.1) is 23.7 Å². The number of rotatable bonds is 4. The predicted octanol–water partition coefficient (Wildman–Crippen LogP) is 2.86. The van der Waals surface area contributed by atoms with Crippen LogP contribution in [0.2, 0.25) is 0 Å². The van der Waals surface area contributed by atoms with Crippen molar-refractivity contribution >= 4 is 17.3 Å². The zero-order valence-corrected chi connectivity index (χ0v) is 10.7. The van der Waals surface area contributed by atoms with Gasteiger partial charge in [-0.15, -0.1) is 0 Å². The third-order valence-electron chi connectivity index (χ3n) is 2.67. The maximum absolute atomic E-state index is 12.1. The van der Waals surface area contributed by atoms with Crippen molar-refractivity contribution in [1.29, 1.82) is 0 Å². The fourth-order valence-corrected chi connectivity index (χ4v) is 1.70. The second-order valence-electron chi connectivity index (χ2n) is 3.96. The van der Waals surface area contributed by atoms with Crippen molar-refractivity contribution in [2.75, 3.05) is 12.4 Å². The Kier molecular flexibility index (Phi) is 3.95. The number of amides is 1. The molecule has 0 aliphatic carbocycles. The monoisotopic (exact) mass is 272 g/mol. The van der Waals surface area contributed by atoms with Crippen molar-refractivity contribution in [3.05, 3.63) is 64.2 Å². The Labute approximate surface area is 115 Å². The molecule has 1 amide bonds. The number of para-hydroxylation sites is 1. The van der Waals surface area contributed by atoms with Gasteiger partial charge in [-0.1, -0.05) is 18.2 Å². The summed E-state index contributed by atoms with van der Waals surface area (Å²) < 4.78 is 5.03. The molecule has 0 unspecified atom stereocenters. The van der Waals surface area contributed by atoms with Crippen molar-refractivity contribution in [1.82, 2.24) is 0 Å². The van der Waals surface area contributed by atoms with Crippen molar-refractivity contribution in [3.8, 4) is 5.75 Å². The van der Waals surface area contributed by atoms with Crippen LogP contribution in [0.1, 0.15) is 10.4 Å². The molecule has 0 fully saturated rings. The van der Waals surface area contributed by atoms with Gasteiger partial charge in [-0.2, -0.15) is 0 Å². The summed E-state index contributed by atoms with van der Waals surface area (Å²) in [6.07, 6.45) is 0. The number of nitrogens with zero attached hydrogens (tertiary/aromatic N) is 1. The molecule has 0 bridgehead atoms. The number of benzene rings is 2. The Morgan fingerprint density at radius 2 is 1.90 bits per heavy atom. The smallest absolute Gasteiger partial charge is 0.273 e. The van der Waals surface area contributed by atoms with Gasteiger partial charge in [-0.25, -0.2) is 0 Å². The lowest BCUT2D eigenvalue weighted by Crippen LogP contribution is -2.13. The van der Waals surface area contributed by atoms with Crippen LogP contribution in [0.4, 0.5) is 11.4 Å². The molecule has 0 aromatic heterocycles. The topological polar surface area (TPSA) is 81.5 Å². The minimum Gasteiger partial charge on any atom is -0.496 e. The molecule has 0 heterocycles. The summed E-state index contributed by atoms with van der Waals surface area (Å²) in [5, 5.41) is 13.4. The summed E-state index contributed by atoms with van der Waals surface area (Å²) in [7, 11) is 1.36. The third-order valence-corrected chi connectivity index (χ3v) is 2.67. The van der Waals surface area contributed by atoms with E-state index in [4.69, 9.17) is 4.74 Å². The van der Waals surface area contributed by atoms with Crippen LogP contribution in [0.25, 0.3) is 0 Å². The summed E-state index contributed by atoms with van der Waals surface area (Å²) in [4.78, 5) is 22.3. The first-order valence-corrected chi connectivity index (χ1v) is 5.80. The van der Waals surface area contributed by atoms with Crippen molar-refractivity contribution in [2.45, 2.75) is 0 Å². The molecule has 102 valence electrons. The summed E-state index contributed by atoms with van der Waals surface area (Å²) in [6, 6.07) is 12.8. The van der Waals surface area contributed by atoms with Gasteiger partial charge in [0.2, 0.25) is 0 Å². The molecule has 2 aromatic rings. The second-order valence-corrected chi connectivity index (χ2v) is 3.96.